The molecule has 3 aromatic rings. The van der Waals surface area contributed by atoms with Gasteiger partial charge in [0.2, 0.25) is 5.95 Å². The maximum absolute atomic E-state index is 13.6. The summed E-state index contributed by atoms with van der Waals surface area (Å²) in [5.74, 6) is 0.384. The van der Waals surface area contributed by atoms with Gasteiger partial charge in [-0.1, -0.05) is 5.16 Å². The number of halogens is 3. The van der Waals surface area contributed by atoms with Crippen molar-refractivity contribution in [3.8, 4) is 0 Å². The van der Waals surface area contributed by atoms with Gasteiger partial charge >= 0.3 is 6.18 Å². The highest BCUT2D eigenvalue weighted by Crippen LogP contribution is 2.40. The third-order valence-corrected chi connectivity index (χ3v) is 5.13. The fraction of sp³-hybridized carbons (Fsp3) is 0.474. The SMILES string of the molecule is CNc1ncc(CN2CCC[C@H](c3noc4nc(C)cc(C(F)(F)F)c34)C2)cn1. The number of piperidine rings is 1. The van der Waals surface area contributed by atoms with Crippen molar-refractivity contribution in [1.82, 2.24) is 25.0 Å². The van der Waals surface area contributed by atoms with Crippen LogP contribution in [0.15, 0.2) is 23.0 Å². The molecular weight excluding hydrogens is 385 g/mol. The minimum absolute atomic E-state index is 0.0170. The van der Waals surface area contributed by atoms with E-state index < -0.39 is 11.7 Å². The first-order valence-corrected chi connectivity index (χ1v) is 9.40. The number of nitrogens with one attached hydrogen (secondary N) is 1. The predicted octanol–water partition coefficient (Wildman–Crippen LogP) is 3.76. The number of fused-ring (bicyclic) bond motifs is 1. The van der Waals surface area contributed by atoms with Crippen molar-refractivity contribution >= 4 is 17.0 Å². The van der Waals surface area contributed by atoms with Gasteiger partial charge in [0.1, 0.15) is 0 Å². The second-order valence-corrected chi connectivity index (χ2v) is 7.30. The Labute approximate surface area is 165 Å². The van der Waals surface area contributed by atoms with Crippen LogP contribution in [0.5, 0.6) is 0 Å². The molecule has 7 nitrogen and oxygen atoms in total. The minimum Gasteiger partial charge on any atom is -0.357 e. The van der Waals surface area contributed by atoms with Crippen molar-refractivity contribution in [2.24, 2.45) is 0 Å². The molecule has 154 valence electrons. The summed E-state index contributed by atoms with van der Waals surface area (Å²) in [6.45, 7) is 3.57. The summed E-state index contributed by atoms with van der Waals surface area (Å²) >= 11 is 0. The largest absolute Gasteiger partial charge is 0.417 e. The maximum Gasteiger partial charge on any atom is 0.417 e. The fourth-order valence-electron chi connectivity index (χ4n) is 3.84. The zero-order valence-corrected chi connectivity index (χ0v) is 16.1. The van der Waals surface area contributed by atoms with Gasteiger partial charge in [-0.3, -0.25) is 4.90 Å². The molecule has 1 saturated heterocycles. The number of nitrogens with zero attached hydrogens (tertiary/aromatic N) is 5. The molecule has 0 amide bonds. The molecule has 0 radical (unpaired) electrons. The molecule has 1 aliphatic heterocycles. The first kappa shape index (κ1) is 19.6. The van der Waals surface area contributed by atoms with Gasteiger partial charge in [0.15, 0.2) is 0 Å². The average Bonchev–Trinajstić information content (AvgIpc) is 3.11. The van der Waals surface area contributed by atoms with Gasteiger partial charge in [-0.25, -0.2) is 15.0 Å². The molecule has 1 N–H and O–H groups in total. The number of aryl methyl sites for hydroxylation is 1. The quantitative estimate of drug-likeness (QED) is 0.707. The Balaban J connectivity index is 1.60. The van der Waals surface area contributed by atoms with Crippen molar-refractivity contribution in [3.05, 3.63) is 41.0 Å². The van der Waals surface area contributed by atoms with E-state index >= 15 is 0 Å². The summed E-state index contributed by atoms with van der Waals surface area (Å²) in [6.07, 6.45) is 0.616. The number of hydrogen-bond acceptors (Lipinski definition) is 7. The van der Waals surface area contributed by atoms with Gasteiger partial charge in [-0.2, -0.15) is 13.2 Å². The highest BCUT2D eigenvalue weighted by atomic mass is 19.4. The molecule has 1 aliphatic rings. The molecule has 4 rings (SSSR count). The first-order valence-electron chi connectivity index (χ1n) is 9.40. The smallest absolute Gasteiger partial charge is 0.357 e. The van der Waals surface area contributed by atoms with Crippen LogP contribution in [0.25, 0.3) is 11.1 Å². The summed E-state index contributed by atoms with van der Waals surface area (Å²) in [5, 5.41) is 6.85. The average molecular weight is 406 g/mol. The molecule has 0 unspecified atom stereocenters. The molecule has 0 saturated carbocycles. The van der Waals surface area contributed by atoms with Crippen LogP contribution in [0, 0.1) is 6.92 Å². The zero-order valence-electron chi connectivity index (χ0n) is 16.1. The van der Waals surface area contributed by atoms with Crippen LogP contribution in [0.3, 0.4) is 0 Å². The van der Waals surface area contributed by atoms with E-state index in [0.717, 1.165) is 31.0 Å². The van der Waals surface area contributed by atoms with Crippen molar-refractivity contribution in [2.75, 3.05) is 25.5 Å². The number of aromatic nitrogens is 4. The monoisotopic (exact) mass is 406 g/mol. The predicted molar refractivity (Wildman–Crippen MR) is 100 cm³/mol. The van der Waals surface area contributed by atoms with E-state index in [9.17, 15) is 13.2 Å². The van der Waals surface area contributed by atoms with E-state index in [1.54, 1.807) is 19.4 Å². The Kier molecular flexibility index (Phi) is 5.12. The van der Waals surface area contributed by atoms with Crippen LogP contribution in [0.1, 0.15) is 41.3 Å². The summed E-state index contributed by atoms with van der Waals surface area (Å²) in [4.78, 5) is 14.7. The van der Waals surface area contributed by atoms with Gasteiger partial charge < -0.3 is 9.84 Å². The Morgan fingerprint density at radius 1 is 1.28 bits per heavy atom. The lowest BCUT2D eigenvalue weighted by Gasteiger charge is -2.31. The molecule has 0 aliphatic carbocycles. The molecule has 4 heterocycles. The molecule has 0 spiro atoms. The zero-order chi connectivity index (χ0) is 20.6. The van der Waals surface area contributed by atoms with Gasteiger partial charge in [0, 0.05) is 49.7 Å². The lowest BCUT2D eigenvalue weighted by molar-refractivity contribution is -0.136. The maximum atomic E-state index is 13.6. The van der Waals surface area contributed by atoms with Crippen LogP contribution in [0.2, 0.25) is 0 Å². The van der Waals surface area contributed by atoms with E-state index in [-0.39, 0.29) is 22.7 Å². The molecule has 29 heavy (non-hydrogen) atoms. The Morgan fingerprint density at radius 2 is 2.03 bits per heavy atom. The number of anilines is 1. The van der Waals surface area contributed by atoms with Crippen LogP contribution >= 0.6 is 0 Å². The number of likely N-dealkylation sites (tertiary alicyclic amines) is 1. The molecule has 10 heteroatoms. The van der Waals surface area contributed by atoms with Crippen LogP contribution < -0.4 is 5.32 Å². The molecular formula is C19H21F3N6O. The van der Waals surface area contributed by atoms with E-state index in [1.807, 2.05) is 0 Å². The van der Waals surface area contributed by atoms with Crippen molar-refractivity contribution in [3.63, 3.8) is 0 Å². The van der Waals surface area contributed by atoms with Gasteiger partial charge in [-0.05, 0) is 32.4 Å². The highest BCUT2D eigenvalue weighted by Gasteiger charge is 2.37. The normalized spacial score (nSPS) is 18.3. The highest BCUT2D eigenvalue weighted by molar-refractivity contribution is 5.81. The summed E-state index contributed by atoms with van der Waals surface area (Å²) in [5.41, 5.74) is 0.752. The molecule has 1 fully saturated rings. The third-order valence-electron chi connectivity index (χ3n) is 5.13. The van der Waals surface area contributed by atoms with E-state index in [1.165, 1.54) is 6.92 Å². The molecule has 1 atom stereocenters. The van der Waals surface area contributed by atoms with Crippen LogP contribution in [-0.4, -0.2) is 45.1 Å². The number of rotatable bonds is 4. The van der Waals surface area contributed by atoms with Crippen molar-refractivity contribution in [1.29, 1.82) is 0 Å². The molecule has 3 aromatic heterocycles. The Bertz CT molecular complexity index is 1000. The Hall–Kier alpha value is -2.75. The molecule has 0 bridgehead atoms. The van der Waals surface area contributed by atoms with Crippen molar-refractivity contribution < 1.29 is 17.7 Å². The van der Waals surface area contributed by atoms with Gasteiger partial charge in [0.25, 0.3) is 5.71 Å². The van der Waals surface area contributed by atoms with Crippen LogP contribution in [0.4, 0.5) is 19.1 Å². The van der Waals surface area contributed by atoms with Gasteiger partial charge in [-0.15, -0.1) is 0 Å². The van der Waals surface area contributed by atoms with Crippen molar-refractivity contribution in [2.45, 2.75) is 38.4 Å². The standard InChI is InChI=1S/C19H21F3N6O/c1-11-6-14(19(20,21)22)15-16(27-29-17(15)26-11)13-4-3-5-28(10-13)9-12-7-24-18(23-2)25-8-12/h6-8,13H,3-5,9-10H2,1-2H3,(H,23,24,25)/t13-/m0/s1. The first-order chi connectivity index (χ1) is 13.8. The summed E-state index contributed by atoms with van der Waals surface area (Å²) in [7, 11) is 1.75. The second-order valence-electron chi connectivity index (χ2n) is 7.30. The number of pyridine rings is 1. The number of hydrogen-bond donors (Lipinski definition) is 1. The van der Waals surface area contributed by atoms with E-state index in [2.05, 4.69) is 30.3 Å². The second kappa shape index (κ2) is 7.58. The minimum atomic E-state index is -4.49. The van der Waals surface area contributed by atoms with E-state index in [0.29, 0.717) is 24.7 Å². The van der Waals surface area contributed by atoms with E-state index in [4.69, 9.17) is 4.52 Å². The molecule has 0 aromatic carbocycles. The van der Waals surface area contributed by atoms with Crippen LogP contribution in [-0.2, 0) is 12.7 Å². The Morgan fingerprint density at radius 3 is 2.72 bits per heavy atom. The summed E-state index contributed by atoms with van der Waals surface area (Å²) in [6, 6.07) is 1.06. The van der Waals surface area contributed by atoms with Gasteiger partial charge in [0.05, 0.1) is 16.6 Å². The third kappa shape index (κ3) is 4.02. The lowest BCUT2D eigenvalue weighted by Crippen LogP contribution is -2.34. The lowest BCUT2D eigenvalue weighted by atomic mass is 9.91. The summed E-state index contributed by atoms with van der Waals surface area (Å²) < 4.78 is 46.1. The fourth-order valence-corrected chi connectivity index (χ4v) is 3.84. The number of alkyl halides is 3. The topological polar surface area (TPSA) is 80.0 Å².